The number of fused-ring (bicyclic) bond motifs is 5. The molecule has 1 aromatic rings. The highest BCUT2D eigenvalue weighted by Gasteiger charge is 2.60. The number of hydrogen-bond acceptors (Lipinski definition) is 2. The van der Waals surface area contributed by atoms with Crippen LogP contribution in [0.3, 0.4) is 0 Å². The molecule has 0 heterocycles. The van der Waals surface area contributed by atoms with Crippen molar-refractivity contribution in [2.45, 2.75) is 44.6 Å². The van der Waals surface area contributed by atoms with Crippen LogP contribution in [0, 0.1) is 30.6 Å². The van der Waals surface area contributed by atoms with Gasteiger partial charge in [0.25, 0.3) is 0 Å². The number of benzene rings is 1. The minimum absolute atomic E-state index is 0.145. The van der Waals surface area contributed by atoms with Gasteiger partial charge in [0, 0.05) is 11.1 Å². The molecule has 0 spiro atoms. The molecule has 1 aromatic carbocycles. The molecule has 2 nitrogen and oxygen atoms in total. The average Bonchev–Trinajstić information content (AvgIpc) is 3.09. The number of nitrogens with two attached hydrogens (primary N) is 1. The summed E-state index contributed by atoms with van der Waals surface area (Å²) < 4.78 is 5.62. The zero-order valence-electron chi connectivity index (χ0n) is 12.6. The molecule has 0 amide bonds. The van der Waals surface area contributed by atoms with Crippen LogP contribution in [0.15, 0.2) is 18.2 Å². The Kier molecular flexibility index (Phi) is 2.69. The van der Waals surface area contributed by atoms with Gasteiger partial charge in [-0.05, 0) is 62.3 Å². The Morgan fingerprint density at radius 2 is 2.05 bits per heavy atom. The van der Waals surface area contributed by atoms with Crippen molar-refractivity contribution in [2.24, 2.45) is 29.4 Å². The molecule has 5 unspecified atom stereocenters. The molecule has 3 fully saturated rings. The second-order valence-electron chi connectivity index (χ2n) is 7.31. The van der Waals surface area contributed by atoms with Crippen LogP contribution in [0.2, 0.25) is 0 Å². The lowest BCUT2D eigenvalue weighted by molar-refractivity contribution is 0.153. The fraction of sp³-hybridized carbons (Fsp3) is 0.667. The van der Waals surface area contributed by atoms with E-state index in [1.165, 1.54) is 43.2 Å². The van der Waals surface area contributed by atoms with Gasteiger partial charge in [-0.3, -0.25) is 0 Å². The van der Waals surface area contributed by atoms with Gasteiger partial charge in [-0.2, -0.15) is 0 Å². The Hall–Kier alpha value is -1.02. The van der Waals surface area contributed by atoms with Crippen LogP contribution in [0.4, 0.5) is 0 Å². The smallest absolute Gasteiger partial charge is 0.123 e. The van der Waals surface area contributed by atoms with Crippen molar-refractivity contribution in [3.63, 3.8) is 0 Å². The maximum Gasteiger partial charge on any atom is 0.123 e. The first-order valence-corrected chi connectivity index (χ1v) is 8.07. The van der Waals surface area contributed by atoms with E-state index >= 15 is 0 Å². The second kappa shape index (κ2) is 4.24. The van der Waals surface area contributed by atoms with Crippen molar-refractivity contribution in [3.8, 4) is 5.75 Å². The second-order valence-corrected chi connectivity index (χ2v) is 7.31. The summed E-state index contributed by atoms with van der Waals surface area (Å²) in [6.07, 6.45) is 6.79. The summed E-state index contributed by atoms with van der Waals surface area (Å²) in [6.45, 7) is 2.15. The van der Waals surface area contributed by atoms with Crippen molar-refractivity contribution in [1.82, 2.24) is 0 Å². The Bertz CT molecular complexity index is 540. The maximum atomic E-state index is 6.99. The summed E-state index contributed by atoms with van der Waals surface area (Å²) in [5, 5.41) is 0. The van der Waals surface area contributed by atoms with Gasteiger partial charge in [0.1, 0.15) is 5.75 Å². The van der Waals surface area contributed by atoms with E-state index in [0.29, 0.717) is 5.92 Å². The van der Waals surface area contributed by atoms with Gasteiger partial charge in [-0.25, -0.2) is 0 Å². The summed E-state index contributed by atoms with van der Waals surface area (Å²) in [6, 6.07) is 6.48. The third kappa shape index (κ3) is 1.54. The van der Waals surface area contributed by atoms with Crippen LogP contribution in [-0.2, 0) is 5.54 Å². The monoisotopic (exact) mass is 271 g/mol. The van der Waals surface area contributed by atoms with Crippen molar-refractivity contribution < 1.29 is 4.74 Å². The fourth-order valence-electron chi connectivity index (χ4n) is 5.69. The highest BCUT2D eigenvalue weighted by atomic mass is 16.5. The van der Waals surface area contributed by atoms with E-state index in [0.717, 1.165) is 23.5 Å². The van der Waals surface area contributed by atoms with E-state index in [1.54, 1.807) is 7.11 Å². The SMILES string of the molecule is COc1ccc(C)cc1C1(N)CC2CC1C1CCCC21. The van der Waals surface area contributed by atoms with Gasteiger partial charge in [0.15, 0.2) is 0 Å². The summed E-state index contributed by atoms with van der Waals surface area (Å²) in [5.74, 6) is 4.38. The van der Waals surface area contributed by atoms with E-state index in [9.17, 15) is 0 Å². The molecule has 20 heavy (non-hydrogen) atoms. The lowest BCUT2D eigenvalue weighted by atomic mass is 9.68. The number of rotatable bonds is 2. The topological polar surface area (TPSA) is 35.2 Å². The normalized spacial score (nSPS) is 42.0. The molecule has 0 aliphatic heterocycles. The van der Waals surface area contributed by atoms with Gasteiger partial charge < -0.3 is 10.5 Å². The lowest BCUT2D eigenvalue weighted by Gasteiger charge is -2.41. The number of ether oxygens (including phenoxy) is 1. The Balaban J connectivity index is 1.77. The van der Waals surface area contributed by atoms with Crippen molar-refractivity contribution in [3.05, 3.63) is 29.3 Å². The summed E-state index contributed by atoms with van der Waals surface area (Å²) in [4.78, 5) is 0. The highest BCUT2D eigenvalue weighted by molar-refractivity contribution is 5.44. The molecule has 0 radical (unpaired) electrons. The highest BCUT2D eigenvalue weighted by Crippen LogP contribution is 2.65. The van der Waals surface area contributed by atoms with Crippen LogP contribution in [-0.4, -0.2) is 7.11 Å². The number of methoxy groups -OCH3 is 1. The average molecular weight is 271 g/mol. The van der Waals surface area contributed by atoms with Gasteiger partial charge in [-0.15, -0.1) is 0 Å². The first kappa shape index (κ1) is 12.7. The van der Waals surface area contributed by atoms with Crippen LogP contribution < -0.4 is 10.5 Å². The molecule has 5 atom stereocenters. The molecule has 4 rings (SSSR count). The number of hydrogen-bond donors (Lipinski definition) is 1. The van der Waals surface area contributed by atoms with Crippen LogP contribution >= 0.6 is 0 Å². The third-order valence-corrected chi connectivity index (χ3v) is 6.42. The molecule has 2 bridgehead atoms. The van der Waals surface area contributed by atoms with Crippen molar-refractivity contribution in [1.29, 1.82) is 0 Å². The van der Waals surface area contributed by atoms with E-state index in [4.69, 9.17) is 10.5 Å². The zero-order valence-corrected chi connectivity index (χ0v) is 12.6. The van der Waals surface area contributed by atoms with Gasteiger partial charge in [0.05, 0.1) is 7.11 Å². The minimum Gasteiger partial charge on any atom is -0.496 e. The molecule has 0 saturated heterocycles. The molecule has 108 valence electrons. The molecular formula is C18H25NO. The molecule has 2 N–H and O–H groups in total. The summed E-state index contributed by atoms with van der Waals surface area (Å²) >= 11 is 0. The zero-order chi connectivity index (χ0) is 13.9. The van der Waals surface area contributed by atoms with Crippen LogP contribution in [0.5, 0.6) is 5.75 Å². The van der Waals surface area contributed by atoms with Crippen molar-refractivity contribution in [2.75, 3.05) is 7.11 Å². The fourth-order valence-corrected chi connectivity index (χ4v) is 5.69. The van der Waals surface area contributed by atoms with Crippen LogP contribution in [0.1, 0.15) is 43.2 Å². The third-order valence-electron chi connectivity index (χ3n) is 6.42. The predicted molar refractivity (Wildman–Crippen MR) is 80.6 cm³/mol. The quantitative estimate of drug-likeness (QED) is 0.891. The Morgan fingerprint density at radius 1 is 1.25 bits per heavy atom. The first-order chi connectivity index (χ1) is 9.63. The molecule has 0 aromatic heterocycles. The van der Waals surface area contributed by atoms with Crippen molar-refractivity contribution >= 4 is 0 Å². The molecular weight excluding hydrogens is 246 g/mol. The largest absolute Gasteiger partial charge is 0.496 e. The summed E-state index contributed by atoms with van der Waals surface area (Å²) in [7, 11) is 1.77. The van der Waals surface area contributed by atoms with Gasteiger partial charge in [-0.1, -0.05) is 24.1 Å². The van der Waals surface area contributed by atoms with Crippen LogP contribution in [0.25, 0.3) is 0 Å². The van der Waals surface area contributed by atoms with E-state index in [-0.39, 0.29) is 5.54 Å². The van der Waals surface area contributed by atoms with E-state index in [1.807, 2.05) is 0 Å². The molecule has 3 saturated carbocycles. The Morgan fingerprint density at radius 3 is 2.85 bits per heavy atom. The van der Waals surface area contributed by atoms with Gasteiger partial charge in [0.2, 0.25) is 0 Å². The standard InChI is InChI=1S/C18H25NO/c1-11-6-7-17(20-2)16(8-11)18(19)10-12-9-15(18)14-5-3-4-13(12)14/h6-8,12-15H,3-5,9-10,19H2,1-2H3. The van der Waals surface area contributed by atoms with Gasteiger partial charge >= 0.3 is 0 Å². The Labute approximate surface area is 121 Å². The number of aryl methyl sites for hydroxylation is 1. The predicted octanol–water partition coefficient (Wildman–Crippen LogP) is 3.61. The van der Waals surface area contributed by atoms with E-state index < -0.39 is 0 Å². The molecule has 2 heteroatoms. The van der Waals surface area contributed by atoms with E-state index in [2.05, 4.69) is 25.1 Å². The first-order valence-electron chi connectivity index (χ1n) is 8.07. The molecule has 3 aliphatic carbocycles. The maximum absolute atomic E-state index is 6.99. The molecule has 3 aliphatic rings. The minimum atomic E-state index is -0.145. The summed E-state index contributed by atoms with van der Waals surface area (Å²) in [5.41, 5.74) is 9.39. The lowest BCUT2D eigenvalue weighted by Crippen LogP contribution is -2.46.